The fraction of sp³-hybridized carbons (Fsp3) is 0.333. The van der Waals surface area contributed by atoms with Crippen molar-refractivity contribution < 1.29 is 22.7 Å². The van der Waals surface area contributed by atoms with E-state index in [9.17, 15) is 18.0 Å². The molecule has 2 aromatic carbocycles. The Morgan fingerprint density at radius 1 is 1.10 bits per heavy atom. The first kappa shape index (κ1) is 29.3. The van der Waals surface area contributed by atoms with Crippen LogP contribution in [0.15, 0.2) is 66.9 Å². The summed E-state index contributed by atoms with van der Waals surface area (Å²) in [6.45, 7) is 6.41. The molecule has 5 rings (SSSR count). The second-order valence-corrected chi connectivity index (χ2v) is 10.1. The van der Waals surface area contributed by atoms with Crippen LogP contribution >= 0.6 is 11.6 Å². The molecule has 40 heavy (non-hydrogen) atoms. The number of ether oxygens (including phenoxy) is 1. The maximum absolute atomic E-state index is 12.2. The second-order valence-electron chi connectivity index (χ2n) is 9.62. The van der Waals surface area contributed by atoms with E-state index in [-0.39, 0.29) is 5.75 Å². The van der Waals surface area contributed by atoms with Gasteiger partial charge in [-0.2, -0.15) is 0 Å². The number of carbonyl (C=O) groups is 1. The van der Waals surface area contributed by atoms with Crippen molar-refractivity contribution in [2.75, 3.05) is 18.0 Å². The number of fused-ring (bicyclic) bond motifs is 1. The SMILES string of the molecule is CCc1nc2ccc(Cl)cn2c1C.O=CNCc1cccc(N2CCC(c3ccc(OC(F)(F)F)cc3)CC2)c1. The van der Waals surface area contributed by atoms with Crippen molar-refractivity contribution in [2.24, 2.45) is 0 Å². The standard InChI is InChI=1S/C20H21F3N2O2.C10H11ClN2/c21-20(22,23)27-19-6-4-16(5-7-19)17-8-10-25(11-9-17)18-3-1-2-15(12-18)13-24-14-26;1-3-9-7(2)13-6-8(11)4-5-10(13)12-9/h1-7,12,14,17H,8-11,13H2,(H,24,26);4-6H,3H2,1-2H3. The Kier molecular flexibility index (Phi) is 9.58. The Hall–Kier alpha value is -3.72. The van der Waals surface area contributed by atoms with Gasteiger partial charge in [-0.1, -0.05) is 42.8 Å². The number of alkyl halides is 3. The zero-order valence-corrected chi connectivity index (χ0v) is 23.2. The number of nitrogens with one attached hydrogen (secondary N) is 1. The minimum Gasteiger partial charge on any atom is -0.406 e. The quantitative estimate of drug-likeness (QED) is 0.241. The van der Waals surface area contributed by atoms with Crippen molar-refractivity contribution in [3.8, 4) is 5.75 Å². The first-order chi connectivity index (χ1) is 19.2. The molecule has 1 saturated heterocycles. The molecule has 3 heterocycles. The Morgan fingerprint density at radius 2 is 1.82 bits per heavy atom. The number of pyridine rings is 1. The van der Waals surface area contributed by atoms with Gasteiger partial charge in [0.05, 0.1) is 10.7 Å². The zero-order chi connectivity index (χ0) is 28.7. The van der Waals surface area contributed by atoms with Gasteiger partial charge < -0.3 is 19.4 Å². The first-order valence-corrected chi connectivity index (χ1v) is 13.5. The Labute approximate surface area is 236 Å². The largest absolute Gasteiger partial charge is 0.573 e. The molecular weight excluding hydrogens is 541 g/mol. The predicted octanol–water partition coefficient (Wildman–Crippen LogP) is 7.07. The molecule has 0 spiro atoms. The van der Waals surface area contributed by atoms with E-state index in [0.29, 0.717) is 18.9 Å². The number of carbonyl (C=O) groups excluding carboxylic acids is 1. The van der Waals surface area contributed by atoms with Crippen molar-refractivity contribution in [1.82, 2.24) is 14.7 Å². The molecule has 0 unspecified atom stereocenters. The van der Waals surface area contributed by atoms with E-state index < -0.39 is 6.36 Å². The summed E-state index contributed by atoms with van der Waals surface area (Å²) in [6, 6.07) is 18.0. The number of hydrogen-bond donors (Lipinski definition) is 1. The van der Waals surface area contributed by atoms with Crippen LogP contribution in [-0.2, 0) is 17.8 Å². The molecule has 10 heteroatoms. The number of imidazole rings is 1. The number of hydrogen-bond acceptors (Lipinski definition) is 4. The van der Waals surface area contributed by atoms with Gasteiger partial charge >= 0.3 is 6.36 Å². The number of anilines is 1. The molecule has 1 fully saturated rings. The summed E-state index contributed by atoms with van der Waals surface area (Å²) >= 11 is 5.89. The molecule has 212 valence electrons. The van der Waals surface area contributed by atoms with E-state index in [1.165, 1.54) is 17.8 Å². The smallest absolute Gasteiger partial charge is 0.406 e. The van der Waals surface area contributed by atoms with E-state index in [4.69, 9.17) is 11.6 Å². The highest BCUT2D eigenvalue weighted by Gasteiger charge is 2.31. The molecule has 1 aliphatic rings. The highest BCUT2D eigenvalue weighted by molar-refractivity contribution is 6.30. The molecule has 0 atom stereocenters. The van der Waals surface area contributed by atoms with Crippen LogP contribution in [0.4, 0.5) is 18.9 Å². The topological polar surface area (TPSA) is 58.9 Å². The number of nitrogens with zero attached hydrogens (tertiary/aromatic N) is 3. The van der Waals surface area contributed by atoms with Gasteiger partial charge in [-0.15, -0.1) is 13.2 Å². The predicted molar refractivity (Wildman–Crippen MR) is 151 cm³/mol. The van der Waals surface area contributed by atoms with Crippen molar-refractivity contribution >= 4 is 29.3 Å². The molecule has 6 nitrogen and oxygen atoms in total. The van der Waals surface area contributed by atoms with Crippen LogP contribution in [0.5, 0.6) is 5.75 Å². The zero-order valence-electron chi connectivity index (χ0n) is 22.4. The number of amides is 1. The normalized spacial score (nSPS) is 14.0. The Balaban J connectivity index is 0.000000236. The van der Waals surface area contributed by atoms with E-state index in [0.717, 1.165) is 65.5 Å². The first-order valence-electron chi connectivity index (χ1n) is 13.2. The Bertz CT molecular complexity index is 1410. The molecule has 0 radical (unpaired) electrons. The monoisotopic (exact) mass is 572 g/mol. The van der Waals surface area contributed by atoms with Gasteiger partial charge in [-0.25, -0.2) is 4.98 Å². The molecule has 0 aliphatic carbocycles. The lowest BCUT2D eigenvalue weighted by molar-refractivity contribution is -0.274. The van der Waals surface area contributed by atoms with E-state index in [1.54, 1.807) is 12.1 Å². The molecule has 1 N–H and O–H groups in total. The van der Waals surface area contributed by atoms with Crippen LogP contribution in [0.2, 0.25) is 5.02 Å². The molecular formula is C30H32ClF3N4O2. The van der Waals surface area contributed by atoms with Gasteiger partial charge in [-0.3, -0.25) is 4.79 Å². The number of rotatable bonds is 7. The molecule has 0 saturated carbocycles. The van der Waals surface area contributed by atoms with Crippen molar-refractivity contribution in [1.29, 1.82) is 0 Å². The summed E-state index contributed by atoms with van der Waals surface area (Å²) in [5, 5.41) is 3.41. The minimum atomic E-state index is -4.66. The van der Waals surface area contributed by atoms with Crippen LogP contribution in [-0.4, -0.2) is 35.2 Å². The highest BCUT2D eigenvalue weighted by atomic mass is 35.5. The average molecular weight is 573 g/mol. The third-order valence-electron chi connectivity index (χ3n) is 7.00. The van der Waals surface area contributed by atoms with Crippen LogP contribution in [0, 0.1) is 6.92 Å². The van der Waals surface area contributed by atoms with Crippen LogP contribution in [0.25, 0.3) is 5.65 Å². The number of piperidine rings is 1. The van der Waals surface area contributed by atoms with Gasteiger partial charge in [0, 0.05) is 37.2 Å². The van der Waals surface area contributed by atoms with E-state index >= 15 is 0 Å². The summed E-state index contributed by atoms with van der Waals surface area (Å²) in [7, 11) is 0. The Morgan fingerprint density at radius 3 is 2.48 bits per heavy atom. The van der Waals surface area contributed by atoms with Gasteiger partial charge in [0.2, 0.25) is 6.41 Å². The number of benzene rings is 2. The fourth-order valence-corrected chi connectivity index (χ4v) is 5.12. The van der Waals surface area contributed by atoms with E-state index in [1.807, 2.05) is 40.9 Å². The summed E-state index contributed by atoms with van der Waals surface area (Å²) < 4.78 is 42.7. The lowest BCUT2D eigenvalue weighted by atomic mass is 9.89. The van der Waals surface area contributed by atoms with Gasteiger partial charge in [0.1, 0.15) is 11.4 Å². The van der Waals surface area contributed by atoms with Crippen LogP contribution in [0.1, 0.15) is 48.2 Å². The molecule has 1 aliphatic heterocycles. The fourth-order valence-electron chi connectivity index (χ4n) is 4.96. The summed E-state index contributed by atoms with van der Waals surface area (Å²) in [5.74, 6) is 0.130. The summed E-state index contributed by atoms with van der Waals surface area (Å²) in [6.07, 6.45) is 0.738. The number of halogens is 4. The average Bonchev–Trinajstić information content (AvgIpc) is 3.26. The second kappa shape index (κ2) is 13.1. The highest BCUT2D eigenvalue weighted by Crippen LogP contribution is 2.32. The maximum atomic E-state index is 12.2. The van der Waals surface area contributed by atoms with Gasteiger partial charge in [0.15, 0.2) is 0 Å². The molecule has 4 aromatic rings. The number of aromatic nitrogens is 2. The van der Waals surface area contributed by atoms with Gasteiger partial charge in [0.25, 0.3) is 0 Å². The maximum Gasteiger partial charge on any atom is 0.573 e. The number of aryl methyl sites for hydroxylation is 2. The third kappa shape index (κ3) is 7.69. The van der Waals surface area contributed by atoms with Crippen molar-refractivity contribution in [2.45, 2.75) is 51.9 Å². The van der Waals surface area contributed by atoms with Crippen molar-refractivity contribution in [3.05, 3.63) is 94.4 Å². The van der Waals surface area contributed by atoms with Crippen LogP contribution < -0.4 is 15.0 Å². The summed E-state index contributed by atoms with van der Waals surface area (Å²) in [4.78, 5) is 17.2. The third-order valence-corrected chi connectivity index (χ3v) is 7.22. The van der Waals surface area contributed by atoms with Gasteiger partial charge in [-0.05, 0) is 79.6 Å². The molecule has 2 aromatic heterocycles. The molecule has 0 bridgehead atoms. The lowest BCUT2D eigenvalue weighted by Crippen LogP contribution is -2.32. The minimum absolute atomic E-state index is 0.190. The van der Waals surface area contributed by atoms with Crippen LogP contribution in [0.3, 0.4) is 0 Å². The molecule has 1 amide bonds. The van der Waals surface area contributed by atoms with E-state index in [2.05, 4.69) is 39.9 Å². The summed E-state index contributed by atoms with van der Waals surface area (Å²) in [5.41, 5.74) is 6.49. The van der Waals surface area contributed by atoms with Crippen molar-refractivity contribution in [3.63, 3.8) is 0 Å². The lowest BCUT2D eigenvalue weighted by Gasteiger charge is -2.34.